The summed E-state index contributed by atoms with van der Waals surface area (Å²) in [4.78, 5) is 10.7. The molecular formula is C46H29N3. The third-order valence-corrected chi connectivity index (χ3v) is 9.80. The van der Waals surface area contributed by atoms with Crippen molar-refractivity contribution in [3.63, 3.8) is 0 Å². The molecule has 0 unspecified atom stereocenters. The lowest BCUT2D eigenvalue weighted by Gasteiger charge is -2.13. The number of para-hydroxylation sites is 1. The minimum Gasteiger partial charge on any atom is -0.278 e. The van der Waals surface area contributed by atoms with Gasteiger partial charge in [-0.2, -0.15) is 0 Å². The number of rotatable bonds is 4. The number of fused-ring (bicyclic) bond motifs is 8. The van der Waals surface area contributed by atoms with E-state index < -0.39 is 0 Å². The number of benzene rings is 8. The van der Waals surface area contributed by atoms with Crippen molar-refractivity contribution in [1.82, 2.24) is 14.5 Å². The fraction of sp³-hybridized carbons (Fsp3) is 0. The SMILES string of the molecule is c1ccc(-c2ccc(-c3nc(-n4c5ccc6ccccc6c5c5c6ccccc6c(-c6ccccc6)cc54)nc4ccccc34)cc2)cc1. The van der Waals surface area contributed by atoms with Gasteiger partial charge in [0.2, 0.25) is 5.95 Å². The molecule has 0 aliphatic carbocycles. The monoisotopic (exact) mass is 623 g/mol. The van der Waals surface area contributed by atoms with E-state index in [1.54, 1.807) is 0 Å². The zero-order valence-electron chi connectivity index (χ0n) is 26.6. The average molecular weight is 624 g/mol. The molecule has 0 saturated carbocycles. The molecule has 10 aromatic rings. The first-order valence-corrected chi connectivity index (χ1v) is 16.7. The van der Waals surface area contributed by atoms with Crippen molar-refractivity contribution in [2.75, 3.05) is 0 Å². The Hall–Kier alpha value is -6.58. The van der Waals surface area contributed by atoms with Gasteiger partial charge in [-0.3, -0.25) is 4.57 Å². The Bertz CT molecular complexity index is 2850. The number of aromatic nitrogens is 3. The normalized spacial score (nSPS) is 11.7. The molecule has 0 spiro atoms. The van der Waals surface area contributed by atoms with Gasteiger partial charge >= 0.3 is 0 Å². The highest BCUT2D eigenvalue weighted by atomic mass is 15.2. The standard InChI is InChI=1S/C46H29N3/c1-3-13-30(14-4-1)31-23-25-34(26-24-31)45-38-21-11-12-22-40(38)47-46(48-45)49-41-28-27-33-17-7-8-18-35(33)43(41)44-37-20-10-9-19-36(37)39(29-42(44)49)32-15-5-2-6-16-32/h1-29H. The lowest BCUT2D eigenvalue weighted by molar-refractivity contribution is 1.01. The molecule has 0 aliphatic heterocycles. The lowest BCUT2D eigenvalue weighted by atomic mass is 9.94. The molecule has 8 aromatic carbocycles. The van der Waals surface area contributed by atoms with E-state index in [-0.39, 0.29) is 0 Å². The molecule has 0 atom stereocenters. The maximum atomic E-state index is 5.43. The molecule has 0 amide bonds. The average Bonchev–Trinajstić information content (AvgIpc) is 3.53. The second-order valence-corrected chi connectivity index (χ2v) is 12.6. The fourth-order valence-electron chi connectivity index (χ4n) is 7.55. The van der Waals surface area contributed by atoms with Crippen molar-refractivity contribution in [3.8, 4) is 39.5 Å². The predicted octanol–water partition coefficient (Wildman–Crippen LogP) is 12.0. The molecule has 3 nitrogen and oxygen atoms in total. The second kappa shape index (κ2) is 11.0. The Morgan fingerprint density at radius 3 is 1.71 bits per heavy atom. The summed E-state index contributed by atoms with van der Waals surface area (Å²) in [5.74, 6) is 0.658. The van der Waals surface area contributed by atoms with Crippen LogP contribution in [0.4, 0.5) is 0 Å². The summed E-state index contributed by atoms with van der Waals surface area (Å²) in [7, 11) is 0. The zero-order valence-corrected chi connectivity index (χ0v) is 26.6. The van der Waals surface area contributed by atoms with Crippen molar-refractivity contribution in [3.05, 3.63) is 176 Å². The van der Waals surface area contributed by atoms with E-state index >= 15 is 0 Å². The number of hydrogen-bond donors (Lipinski definition) is 0. The van der Waals surface area contributed by atoms with Crippen molar-refractivity contribution >= 4 is 54.3 Å². The Morgan fingerprint density at radius 2 is 0.939 bits per heavy atom. The van der Waals surface area contributed by atoms with Crippen LogP contribution < -0.4 is 0 Å². The quantitative estimate of drug-likeness (QED) is 0.195. The van der Waals surface area contributed by atoms with Crippen molar-refractivity contribution < 1.29 is 0 Å². The van der Waals surface area contributed by atoms with Gasteiger partial charge in [-0.1, -0.05) is 158 Å². The minimum absolute atomic E-state index is 0.658. The molecule has 0 bridgehead atoms. The third-order valence-electron chi connectivity index (χ3n) is 9.80. The van der Waals surface area contributed by atoms with Crippen molar-refractivity contribution in [2.45, 2.75) is 0 Å². The van der Waals surface area contributed by atoms with E-state index in [1.165, 1.54) is 54.6 Å². The molecule has 0 N–H and O–H groups in total. The third kappa shape index (κ3) is 4.37. The molecular weight excluding hydrogens is 595 g/mol. The van der Waals surface area contributed by atoms with E-state index in [0.29, 0.717) is 5.95 Å². The Balaban J connectivity index is 1.32. The largest absolute Gasteiger partial charge is 0.278 e. The van der Waals surface area contributed by atoms with Crippen LogP contribution in [-0.4, -0.2) is 14.5 Å². The number of nitrogens with zero attached hydrogens (tertiary/aromatic N) is 3. The van der Waals surface area contributed by atoms with Crippen LogP contribution in [0.1, 0.15) is 0 Å². The van der Waals surface area contributed by atoms with Crippen LogP contribution in [0.15, 0.2) is 176 Å². The molecule has 2 aromatic heterocycles. The molecule has 0 saturated heterocycles. The molecule has 2 heterocycles. The molecule has 0 fully saturated rings. The first-order chi connectivity index (χ1) is 24.3. The van der Waals surface area contributed by atoms with Crippen LogP contribution >= 0.6 is 0 Å². The van der Waals surface area contributed by atoms with Crippen LogP contribution in [0.3, 0.4) is 0 Å². The summed E-state index contributed by atoms with van der Waals surface area (Å²) in [6.45, 7) is 0. The summed E-state index contributed by atoms with van der Waals surface area (Å²) in [5.41, 5.74) is 9.80. The lowest BCUT2D eigenvalue weighted by Crippen LogP contribution is -2.03. The summed E-state index contributed by atoms with van der Waals surface area (Å²) in [6, 6.07) is 62.5. The van der Waals surface area contributed by atoms with Crippen LogP contribution in [0, 0.1) is 0 Å². The first-order valence-electron chi connectivity index (χ1n) is 16.7. The Morgan fingerprint density at radius 1 is 0.367 bits per heavy atom. The fourth-order valence-corrected chi connectivity index (χ4v) is 7.55. The summed E-state index contributed by atoms with van der Waals surface area (Å²) in [5, 5.41) is 8.34. The molecule has 10 rings (SSSR count). The van der Waals surface area contributed by atoms with Crippen LogP contribution in [0.25, 0.3) is 93.7 Å². The highest BCUT2D eigenvalue weighted by Gasteiger charge is 2.22. The topological polar surface area (TPSA) is 30.7 Å². The van der Waals surface area contributed by atoms with E-state index in [0.717, 1.165) is 33.2 Å². The highest BCUT2D eigenvalue weighted by molar-refractivity contribution is 6.30. The Labute approximate surface area is 283 Å². The second-order valence-electron chi connectivity index (χ2n) is 12.6. The first kappa shape index (κ1) is 27.5. The summed E-state index contributed by atoms with van der Waals surface area (Å²) < 4.78 is 2.28. The van der Waals surface area contributed by atoms with Crippen LogP contribution in [0.2, 0.25) is 0 Å². The molecule has 228 valence electrons. The van der Waals surface area contributed by atoms with Crippen LogP contribution in [-0.2, 0) is 0 Å². The van der Waals surface area contributed by atoms with Gasteiger partial charge in [0.1, 0.15) is 0 Å². The minimum atomic E-state index is 0.658. The van der Waals surface area contributed by atoms with Gasteiger partial charge in [-0.25, -0.2) is 9.97 Å². The summed E-state index contributed by atoms with van der Waals surface area (Å²) >= 11 is 0. The van der Waals surface area contributed by atoms with Gasteiger partial charge in [-0.05, 0) is 62.0 Å². The Kier molecular flexibility index (Phi) is 6.18. The van der Waals surface area contributed by atoms with Gasteiger partial charge in [0.15, 0.2) is 0 Å². The van der Waals surface area contributed by atoms with E-state index in [4.69, 9.17) is 9.97 Å². The number of hydrogen-bond acceptors (Lipinski definition) is 2. The van der Waals surface area contributed by atoms with E-state index in [2.05, 4.69) is 180 Å². The smallest absolute Gasteiger partial charge is 0.235 e. The van der Waals surface area contributed by atoms with Gasteiger partial charge in [0.25, 0.3) is 0 Å². The van der Waals surface area contributed by atoms with Crippen molar-refractivity contribution in [1.29, 1.82) is 0 Å². The molecule has 0 radical (unpaired) electrons. The van der Waals surface area contributed by atoms with Gasteiger partial charge in [-0.15, -0.1) is 0 Å². The highest BCUT2D eigenvalue weighted by Crippen LogP contribution is 2.44. The molecule has 0 aliphatic rings. The van der Waals surface area contributed by atoms with Gasteiger partial charge in [0, 0.05) is 21.7 Å². The van der Waals surface area contributed by atoms with E-state index in [9.17, 15) is 0 Å². The summed E-state index contributed by atoms with van der Waals surface area (Å²) in [6.07, 6.45) is 0. The molecule has 49 heavy (non-hydrogen) atoms. The molecule has 3 heteroatoms. The van der Waals surface area contributed by atoms with Gasteiger partial charge < -0.3 is 0 Å². The maximum Gasteiger partial charge on any atom is 0.235 e. The predicted molar refractivity (Wildman–Crippen MR) is 205 cm³/mol. The van der Waals surface area contributed by atoms with Gasteiger partial charge in [0.05, 0.1) is 22.2 Å². The van der Waals surface area contributed by atoms with E-state index in [1.807, 2.05) is 0 Å². The van der Waals surface area contributed by atoms with Crippen LogP contribution in [0.5, 0.6) is 0 Å². The zero-order chi connectivity index (χ0) is 32.3. The maximum absolute atomic E-state index is 5.43. The van der Waals surface area contributed by atoms with Crippen molar-refractivity contribution in [2.24, 2.45) is 0 Å².